The van der Waals surface area contributed by atoms with Gasteiger partial charge in [0.1, 0.15) is 0 Å². The number of benzene rings is 1. The highest BCUT2D eigenvalue weighted by atomic mass is 16.5. The third kappa shape index (κ3) is 2.15. The van der Waals surface area contributed by atoms with Crippen LogP contribution in [0.1, 0.15) is 5.56 Å². The summed E-state index contributed by atoms with van der Waals surface area (Å²) in [5.41, 5.74) is 2.25. The molecule has 17 heavy (non-hydrogen) atoms. The molecule has 1 heterocycles. The quantitative estimate of drug-likeness (QED) is 0.599. The zero-order valence-corrected chi connectivity index (χ0v) is 9.55. The minimum Gasteiger partial charge on any atom is -0.504 e. The maximum absolute atomic E-state index is 11.6. The van der Waals surface area contributed by atoms with E-state index >= 15 is 0 Å². The Morgan fingerprint density at radius 1 is 1.53 bits per heavy atom. The highest BCUT2D eigenvalue weighted by molar-refractivity contribution is 5.76. The van der Waals surface area contributed by atoms with E-state index in [-0.39, 0.29) is 5.76 Å². The molecule has 0 N–H and O–H groups in total. The lowest BCUT2D eigenvalue weighted by atomic mass is 10.2. The standard InChI is InChI=1S/C13H13NO3/c1-3-7-14-11-5-4-10(6-8-16-2)9-12(11)17-13(14)15/h3-6,8-9H,1,7H2,2H3. The normalized spacial score (nSPS) is 11.1. The van der Waals surface area contributed by atoms with Crippen LogP contribution in [-0.4, -0.2) is 11.7 Å². The van der Waals surface area contributed by atoms with Crippen LogP contribution < -0.4 is 5.76 Å². The fourth-order valence-corrected chi connectivity index (χ4v) is 1.64. The van der Waals surface area contributed by atoms with Crippen LogP contribution in [0.3, 0.4) is 0 Å². The Kier molecular flexibility index (Phi) is 3.14. The van der Waals surface area contributed by atoms with E-state index in [1.165, 1.54) is 4.57 Å². The third-order valence-electron chi connectivity index (χ3n) is 2.40. The summed E-state index contributed by atoms with van der Waals surface area (Å²) >= 11 is 0. The van der Waals surface area contributed by atoms with Gasteiger partial charge in [-0.1, -0.05) is 12.1 Å². The minimum absolute atomic E-state index is 0.368. The number of hydrogen-bond acceptors (Lipinski definition) is 3. The van der Waals surface area contributed by atoms with Crippen molar-refractivity contribution in [1.29, 1.82) is 0 Å². The molecule has 0 aliphatic heterocycles. The molecule has 0 unspecified atom stereocenters. The molecule has 0 aliphatic carbocycles. The second-order valence-corrected chi connectivity index (χ2v) is 3.53. The molecule has 2 aromatic rings. The molecule has 0 fully saturated rings. The van der Waals surface area contributed by atoms with Gasteiger partial charge in [-0.2, -0.15) is 0 Å². The molecular formula is C13H13NO3. The summed E-state index contributed by atoms with van der Waals surface area (Å²) < 4.78 is 11.5. The van der Waals surface area contributed by atoms with E-state index in [4.69, 9.17) is 9.15 Å². The van der Waals surface area contributed by atoms with Gasteiger partial charge in [0.05, 0.1) is 18.9 Å². The Hall–Kier alpha value is -2.23. The van der Waals surface area contributed by atoms with E-state index < -0.39 is 0 Å². The predicted octanol–water partition coefficient (Wildman–Crippen LogP) is 2.40. The summed E-state index contributed by atoms with van der Waals surface area (Å²) in [4.78, 5) is 11.6. The molecule has 0 bridgehead atoms. The van der Waals surface area contributed by atoms with Crippen LogP contribution in [0.4, 0.5) is 0 Å². The van der Waals surface area contributed by atoms with Gasteiger partial charge in [0.15, 0.2) is 5.58 Å². The van der Waals surface area contributed by atoms with Crippen LogP contribution >= 0.6 is 0 Å². The first-order valence-corrected chi connectivity index (χ1v) is 5.20. The largest absolute Gasteiger partial charge is 0.504 e. The van der Waals surface area contributed by atoms with Crippen LogP contribution in [0.2, 0.25) is 0 Å². The number of ether oxygens (including phenoxy) is 1. The van der Waals surface area contributed by atoms with Gasteiger partial charge in [0.25, 0.3) is 0 Å². The number of oxazole rings is 1. The predicted molar refractivity (Wildman–Crippen MR) is 66.7 cm³/mol. The average molecular weight is 231 g/mol. The molecule has 4 heteroatoms. The lowest BCUT2D eigenvalue weighted by Gasteiger charge is -1.97. The molecule has 1 aromatic carbocycles. The van der Waals surface area contributed by atoms with Crippen molar-refractivity contribution in [2.75, 3.05) is 7.11 Å². The summed E-state index contributed by atoms with van der Waals surface area (Å²) in [7, 11) is 1.58. The monoisotopic (exact) mass is 231 g/mol. The van der Waals surface area contributed by atoms with Crippen molar-refractivity contribution in [1.82, 2.24) is 4.57 Å². The van der Waals surface area contributed by atoms with Crippen LogP contribution in [0.15, 0.2) is 46.3 Å². The smallest absolute Gasteiger partial charge is 0.420 e. The van der Waals surface area contributed by atoms with Crippen LogP contribution in [-0.2, 0) is 11.3 Å². The number of allylic oxidation sites excluding steroid dienone is 1. The van der Waals surface area contributed by atoms with E-state index in [1.54, 1.807) is 31.6 Å². The maximum atomic E-state index is 11.6. The molecule has 2 rings (SSSR count). The van der Waals surface area contributed by atoms with E-state index in [0.29, 0.717) is 12.1 Å². The Morgan fingerprint density at radius 2 is 2.35 bits per heavy atom. The van der Waals surface area contributed by atoms with Gasteiger partial charge in [-0.25, -0.2) is 4.79 Å². The molecule has 0 saturated carbocycles. The van der Waals surface area contributed by atoms with Crippen molar-refractivity contribution in [3.05, 3.63) is 53.2 Å². The van der Waals surface area contributed by atoms with Crippen LogP contribution in [0.25, 0.3) is 17.2 Å². The summed E-state index contributed by atoms with van der Waals surface area (Å²) in [6, 6.07) is 5.54. The fraction of sp³-hybridized carbons (Fsp3) is 0.154. The van der Waals surface area contributed by atoms with E-state index in [9.17, 15) is 4.79 Å². The fourth-order valence-electron chi connectivity index (χ4n) is 1.64. The molecule has 0 saturated heterocycles. The highest BCUT2D eigenvalue weighted by Gasteiger charge is 2.07. The first-order valence-electron chi connectivity index (χ1n) is 5.20. The Morgan fingerprint density at radius 3 is 3.06 bits per heavy atom. The number of nitrogens with zero attached hydrogens (tertiary/aromatic N) is 1. The van der Waals surface area contributed by atoms with Gasteiger partial charge >= 0.3 is 5.76 Å². The van der Waals surface area contributed by atoms with Gasteiger partial charge < -0.3 is 9.15 Å². The Balaban J connectivity index is 2.53. The van der Waals surface area contributed by atoms with Crippen molar-refractivity contribution in [2.45, 2.75) is 6.54 Å². The SMILES string of the molecule is C=CCn1c(=O)oc2cc(C=COC)ccc21. The summed E-state index contributed by atoms with van der Waals surface area (Å²) in [5.74, 6) is -0.368. The molecule has 88 valence electrons. The third-order valence-corrected chi connectivity index (χ3v) is 2.40. The molecule has 0 radical (unpaired) electrons. The molecule has 4 nitrogen and oxygen atoms in total. The maximum Gasteiger partial charge on any atom is 0.420 e. The highest BCUT2D eigenvalue weighted by Crippen LogP contribution is 2.16. The van der Waals surface area contributed by atoms with Crippen molar-refractivity contribution in [2.24, 2.45) is 0 Å². The second kappa shape index (κ2) is 4.74. The van der Waals surface area contributed by atoms with Crippen LogP contribution in [0, 0.1) is 0 Å². The second-order valence-electron chi connectivity index (χ2n) is 3.53. The number of fused-ring (bicyclic) bond motifs is 1. The molecule has 0 atom stereocenters. The van der Waals surface area contributed by atoms with E-state index in [0.717, 1.165) is 11.1 Å². The zero-order valence-electron chi connectivity index (χ0n) is 9.55. The summed E-state index contributed by atoms with van der Waals surface area (Å²) in [6.45, 7) is 4.06. The van der Waals surface area contributed by atoms with Gasteiger partial charge in [-0.3, -0.25) is 4.57 Å². The first-order chi connectivity index (χ1) is 8.26. The first kappa shape index (κ1) is 11.3. The van der Waals surface area contributed by atoms with Crippen molar-refractivity contribution < 1.29 is 9.15 Å². The minimum atomic E-state index is -0.368. The topological polar surface area (TPSA) is 44.4 Å². The van der Waals surface area contributed by atoms with Gasteiger partial charge in [0.2, 0.25) is 0 Å². The van der Waals surface area contributed by atoms with E-state index in [1.807, 2.05) is 12.1 Å². The number of hydrogen-bond donors (Lipinski definition) is 0. The Labute approximate surface area is 98.4 Å². The molecular weight excluding hydrogens is 218 g/mol. The number of methoxy groups -OCH3 is 1. The number of rotatable bonds is 4. The van der Waals surface area contributed by atoms with Crippen LogP contribution in [0.5, 0.6) is 0 Å². The lowest BCUT2D eigenvalue weighted by molar-refractivity contribution is 0.341. The molecule has 0 amide bonds. The van der Waals surface area contributed by atoms with Crippen molar-refractivity contribution >= 4 is 17.2 Å². The number of aromatic nitrogens is 1. The van der Waals surface area contributed by atoms with Gasteiger partial charge in [0, 0.05) is 6.54 Å². The summed E-state index contributed by atoms with van der Waals surface area (Å²) in [6.07, 6.45) is 5.03. The van der Waals surface area contributed by atoms with Crippen molar-refractivity contribution in [3.8, 4) is 0 Å². The molecule has 0 spiro atoms. The average Bonchev–Trinajstić information content (AvgIpc) is 2.63. The lowest BCUT2D eigenvalue weighted by Crippen LogP contribution is -2.12. The van der Waals surface area contributed by atoms with Gasteiger partial charge in [-0.15, -0.1) is 6.58 Å². The molecule has 0 aliphatic rings. The zero-order chi connectivity index (χ0) is 12.3. The van der Waals surface area contributed by atoms with Crippen molar-refractivity contribution in [3.63, 3.8) is 0 Å². The Bertz CT molecular complexity index is 619. The van der Waals surface area contributed by atoms with E-state index in [2.05, 4.69) is 6.58 Å². The summed E-state index contributed by atoms with van der Waals surface area (Å²) in [5, 5.41) is 0. The van der Waals surface area contributed by atoms with Gasteiger partial charge in [-0.05, 0) is 23.8 Å². The molecule has 1 aromatic heterocycles.